The molecule has 1 aliphatic carbocycles. The van der Waals surface area contributed by atoms with Crippen molar-refractivity contribution >= 4 is 11.8 Å². The highest BCUT2D eigenvalue weighted by Gasteiger charge is 2.31. The number of carbonyl (C=O) groups is 1. The van der Waals surface area contributed by atoms with Crippen molar-refractivity contribution in [2.45, 2.75) is 39.3 Å². The lowest BCUT2D eigenvalue weighted by molar-refractivity contribution is 0.183. The highest BCUT2D eigenvalue weighted by Crippen LogP contribution is 2.36. The van der Waals surface area contributed by atoms with Gasteiger partial charge in [-0.3, -0.25) is 5.32 Å². The molecule has 0 bridgehead atoms. The molecule has 1 heterocycles. The molecule has 1 aromatic heterocycles. The Morgan fingerprint density at radius 1 is 1.19 bits per heavy atom. The Morgan fingerprint density at radius 3 is 2.70 bits per heavy atom. The second-order valence-electron chi connectivity index (χ2n) is 7.12. The minimum Gasteiger partial charge on any atom is -0.360 e. The van der Waals surface area contributed by atoms with Crippen LogP contribution in [-0.2, 0) is 13.0 Å². The number of amides is 2. The molecule has 0 fully saturated rings. The summed E-state index contributed by atoms with van der Waals surface area (Å²) in [4.78, 5) is 15.0. The number of hydrogen-bond donors (Lipinski definition) is 1. The van der Waals surface area contributed by atoms with E-state index < -0.39 is 0 Å². The Labute approximate surface area is 159 Å². The molecule has 1 aliphatic rings. The van der Waals surface area contributed by atoms with Crippen molar-refractivity contribution in [3.63, 3.8) is 0 Å². The van der Waals surface area contributed by atoms with Gasteiger partial charge in [-0.1, -0.05) is 59.3 Å². The molecule has 1 atom stereocenters. The van der Waals surface area contributed by atoms with Gasteiger partial charge in [-0.05, 0) is 43.4 Å². The van der Waals surface area contributed by atoms with Crippen LogP contribution in [0.15, 0.2) is 59.1 Å². The number of nitrogens with zero attached hydrogens (tertiary/aromatic N) is 2. The maximum absolute atomic E-state index is 13.1. The number of aromatic nitrogens is 1. The van der Waals surface area contributed by atoms with Crippen LogP contribution in [0.5, 0.6) is 0 Å². The standard InChI is InChI=1S/C22H23N3O2/c1-15-7-9-17(10-8-15)14-25(22(26)23-21-13-16(2)27-24-21)20-12-11-18-5-3-4-6-19(18)20/h3-10,13,20H,11-12,14H2,1-2H3,(H,23,24,26)/t20-/m0/s1. The number of carbonyl (C=O) groups excluding carboxylic acids is 1. The number of aryl methyl sites for hydroxylation is 3. The first kappa shape index (κ1) is 17.3. The van der Waals surface area contributed by atoms with E-state index in [0.717, 1.165) is 18.4 Å². The molecule has 0 saturated carbocycles. The summed E-state index contributed by atoms with van der Waals surface area (Å²) in [5, 5.41) is 6.78. The van der Waals surface area contributed by atoms with Gasteiger partial charge < -0.3 is 9.42 Å². The van der Waals surface area contributed by atoms with Crippen LogP contribution in [0.3, 0.4) is 0 Å². The van der Waals surface area contributed by atoms with Crippen LogP contribution in [0, 0.1) is 13.8 Å². The minimum atomic E-state index is -0.162. The van der Waals surface area contributed by atoms with Gasteiger partial charge in [-0.2, -0.15) is 0 Å². The number of benzene rings is 2. The summed E-state index contributed by atoms with van der Waals surface area (Å²) in [5.41, 5.74) is 4.87. The number of nitrogens with one attached hydrogen (secondary N) is 1. The largest absolute Gasteiger partial charge is 0.360 e. The number of fused-ring (bicyclic) bond motifs is 1. The lowest BCUT2D eigenvalue weighted by Gasteiger charge is -2.30. The molecule has 0 unspecified atom stereocenters. The van der Waals surface area contributed by atoms with Gasteiger partial charge in [-0.15, -0.1) is 0 Å². The molecule has 1 N–H and O–H groups in total. The quantitative estimate of drug-likeness (QED) is 0.710. The maximum atomic E-state index is 13.1. The Hall–Kier alpha value is -3.08. The molecule has 138 valence electrons. The number of anilines is 1. The van der Waals surface area contributed by atoms with Crippen molar-refractivity contribution in [2.75, 3.05) is 5.32 Å². The molecule has 0 radical (unpaired) electrons. The second-order valence-corrected chi connectivity index (χ2v) is 7.12. The van der Waals surface area contributed by atoms with Gasteiger partial charge in [0.1, 0.15) is 5.76 Å². The fourth-order valence-electron chi connectivity index (χ4n) is 3.68. The molecular formula is C22H23N3O2. The molecular weight excluding hydrogens is 338 g/mol. The van der Waals surface area contributed by atoms with Gasteiger partial charge in [0, 0.05) is 12.6 Å². The molecule has 3 aromatic rings. The van der Waals surface area contributed by atoms with Crippen molar-refractivity contribution in [2.24, 2.45) is 0 Å². The molecule has 5 nitrogen and oxygen atoms in total. The van der Waals surface area contributed by atoms with Crippen molar-refractivity contribution in [3.8, 4) is 0 Å². The van der Waals surface area contributed by atoms with Crippen molar-refractivity contribution < 1.29 is 9.32 Å². The molecule has 4 rings (SSSR count). The zero-order chi connectivity index (χ0) is 18.8. The van der Waals surface area contributed by atoms with E-state index in [4.69, 9.17) is 4.52 Å². The first-order chi connectivity index (χ1) is 13.1. The zero-order valence-electron chi connectivity index (χ0n) is 15.6. The van der Waals surface area contributed by atoms with E-state index in [9.17, 15) is 4.79 Å². The van der Waals surface area contributed by atoms with Gasteiger partial charge in [0.05, 0.1) is 6.04 Å². The number of urea groups is 1. The summed E-state index contributed by atoms with van der Waals surface area (Å²) < 4.78 is 5.08. The normalized spacial score (nSPS) is 15.4. The first-order valence-electron chi connectivity index (χ1n) is 9.24. The van der Waals surface area contributed by atoms with Crippen LogP contribution >= 0.6 is 0 Å². The Morgan fingerprint density at radius 2 is 1.96 bits per heavy atom. The van der Waals surface area contributed by atoms with Crippen LogP contribution in [0.4, 0.5) is 10.6 Å². The third-order valence-electron chi connectivity index (χ3n) is 5.07. The smallest absolute Gasteiger partial charge is 0.323 e. The predicted octanol–water partition coefficient (Wildman–Crippen LogP) is 5.01. The summed E-state index contributed by atoms with van der Waals surface area (Å²) in [6, 6.07) is 18.3. The first-order valence-corrected chi connectivity index (χ1v) is 9.24. The fraction of sp³-hybridized carbons (Fsp3) is 0.273. The van der Waals surface area contributed by atoms with Crippen LogP contribution in [-0.4, -0.2) is 16.1 Å². The summed E-state index contributed by atoms with van der Waals surface area (Å²) >= 11 is 0. The molecule has 0 spiro atoms. The van der Waals surface area contributed by atoms with Crippen molar-refractivity contribution in [3.05, 3.63) is 82.6 Å². The summed E-state index contributed by atoms with van der Waals surface area (Å²) in [7, 11) is 0. The molecule has 0 saturated heterocycles. The van der Waals surface area contributed by atoms with E-state index in [0.29, 0.717) is 18.1 Å². The minimum absolute atomic E-state index is 0.0514. The zero-order valence-corrected chi connectivity index (χ0v) is 15.6. The fourth-order valence-corrected chi connectivity index (χ4v) is 3.68. The summed E-state index contributed by atoms with van der Waals surface area (Å²) in [5.74, 6) is 1.11. The van der Waals surface area contributed by atoms with Crippen LogP contribution in [0.25, 0.3) is 0 Å². The summed E-state index contributed by atoms with van der Waals surface area (Å²) in [6.45, 7) is 4.41. The number of hydrogen-bond acceptors (Lipinski definition) is 3. The van der Waals surface area contributed by atoms with E-state index in [1.54, 1.807) is 13.0 Å². The SMILES string of the molecule is Cc1ccc(CN(C(=O)Nc2cc(C)on2)[C@H]2CCc3ccccc32)cc1. The van der Waals surface area contributed by atoms with E-state index >= 15 is 0 Å². The van der Waals surface area contributed by atoms with Crippen LogP contribution < -0.4 is 5.32 Å². The molecule has 5 heteroatoms. The van der Waals surface area contributed by atoms with E-state index in [-0.39, 0.29) is 12.1 Å². The average molecular weight is 361 g/mol. The van der Waals surface area contributed by atoms with Crippen molar-refractivity contribution in [1.82, 2.24) is 10.1 Å². The van der Waals surface area contributed by atoms with Gasteiger partial charge in [0.15, 0.2) is 5.82 Å². The second kappa shape index (κ2) is 7.27. The highest BCUT2D eigenvalue weighted by molar-refractivity contribution is 5.88. The van der Waals surface area contributed by atoms with E-state index in [2.05, 4.69) is 59.9 Å². The van der Waals surface area contributed by atoms with Gasteiger partial charge in [0.2, 0.25) is 0 Å². The van der Waals surface area contributed by atoms with Crippen LogP contribution in [0.1, 0.15) is 40.5 Å². The predicted molar refractivity (Wildman–Crippen MR) is 104 cm³/mol. The molecule has 0 aliphatic heterocycles. The van der Waals surface area contributed by atoms with Crippen LogP contribution in [0.2, 0.25) is 0 Å². The Kier molecular flexibility index (Phi) is 4.67. The van der Waals surface area contributed by atoms with Crippen molar-refractivity contribution in [1.29, 1.82) is 0 Å². The lowest BCUT2D eigenvalue weighted by atomic mass is 10.1. The highest BCUT2D eigenvalue weighted by atomic mass is 16.5. The maximum Gasteiger partial charge on any atom is 0.323 e. The Balaban J connectivity index is 1.62. The van der Waals surface area contributed by atoms with E-state index in [1.165, 1.54) is 16.7 Å². The molecule has 2 amide bonds. The molecule has 2 aromatic carbocycles. The Bertz CT molecular complexity index is 946. The lowest BCUT2D eigenvalue weighted by Crippen LogP contribution is -2.37. The molecule has 27 heavy (non-hydrogen) atoms. The monoisotopic (exact) mass is 361 g/mol. The number of rotatable bonds is 4. The van der Waals surface area contributed by atoms with E-state index in [1.807, 2.05) is 11.0 Å². The van der Waals surface area contributed by atoms with Gasteiger partial charge in [0.25, 0.3) is 0 Å². The van der Waals surface area contributed by atoms with Gasteiger partial charge >= 0.3 is 6.03 Å². The third kappa shape index (κ3) is 3.72. The topological polar surface area (TPSA) is 58.4 Å². The average Bonchev–Trinajstić information content (AvgIpc) is 3.27. The third-order valence-corrected chi connectivity index (χ3v) is 5.07. The summed E-state index contributed by atoms with van der Waals surface area (Å²) in [6.07, 6.45) is 1.91. The van der Waals surface area contributed by atoms with Gasteiger partial charge in [-0.25, -0.2) is 4.79 Å².